The second-order valence-electron chi connectivity index (χ2n) is 5.43. The molecule has 8 nitrogen and oxygen atoms in total. The minimum Gasteiger partial charge on any atom is -0.284 e. The van der Waals surface area contributed by atoms with Crippen LogP contribution in [-0.2, 0) is 4.79 Å². The molecule has 142 valence electrons. The van der Waals surface area contributed by atoms with Crippen LogP contribution in [0.25, 0.3) is 11.3 Å². The summed E-state index contributed by atoms with van der Waals surface area (Å²) in [5.41, 5.74) is 1.41. The number of non-ortho nitro benzene ring substituents is 1. The monoisotopic (exact) mass is 413 g/mol. The molecule has 1 amide bonds. The van der Waals surface area contributed by atoms with Gasteiger partial charge in [0, 0.05) is 42.0 Å². The molecule has 0 N–H and O–H groups in total. The summed E-state index contributed by atoms with van der Waals surface area (Å²) < 4.78 is 0. The SMILES string of the molecule is C=CCN(C(=O)CSc1ncccn1)c1nc(-c2ccc([N+](=O)[O-])cc2)cs1. The number of aromatic nitrogens is 3. The van der Waals surface area contributed by atoms with Gasteiger partial charge in [-0.15, -0.1) is 17.9 Å². The minimum absolute atomic E-state index is 0.0165. The van der Waals surface area contributed by atoms with Crippen LogP contribution in [0.3, 0.4) is 0 Å². The van der Waals surface area contributed by atoms with Crippen molar-refractivity contribution in [2.75, 3.05) is 17.2 Å². The van der Waals surface area contributed by atoms with Gasteiger partial charge in [0.2, 0.25) is 5.91 Å². The Morgan fingerprint density at radius 3 is 2.64 bits per heavy atom. The molecular weight excluding hydrogens is 398 g/mol. The molecule has 0 spiro atoms. The van der Waals surface area contributed by atoms with E-state index in [1.807, 2.05) is 5.38 Å². The predicted molar refractivity (Wildman–Crippen MR) is 110 cm³/mol. The number of nitro groups is 1. The van der Waals surface area contributed by atoms with Crippen molar-refractivity contribution in [2.45, 2.75) is 5.16 Å². The summed E-state index contributed by atoms with van der Waals surface area (Å²) in [6, 6.07) is 7.85. The van der Waals surface area contributed by atoms with Gasteiger partial charge in [-0.2, -0.15) is 0 Å². The van der Waals surface area contributed by atoms with Crippen LogP contribution in [0.1, 0.15) is 0 Å². The van der Waals surface area contributed by atoms with Crippen LogP contribution in [0.15, 0.2) is 65.9 Å². The third-order valence-corrected chi connectivity index (χ3v) is 5.30. The first-order valence-electron chi connectivity index (χ1n) is 8.10. The lowest BCUT2D eigenvalue weighted by molar-refractivity contribution is -0.384. The van der Waals surface area contributed by atoms with E-state index >= 15 is 0 Å². The van der Waals surface area contributed by atoms with E-state index in [9.17, 15) is 14.9 Å². The van der Waals surface area contributed by atoms with Crippen LogP contribution in [0.4, 0.5) is 10.8 Å². The number of hydrogen-bond donors (Lipinski definition) is 0. The molecule has 3 rings (SSSR count). The van der Waals surface area contributed by atoms with Crippen molar-refractivity contribution in [3.8, 4) is 11.3 Å². The van der Waals surface area contributed by atoms with E-state index in [1.165, 1.54) is 35.2 Å². The number of thioether (sulfide) groups is 1. The van der Waals surface area contributed by atoms with Crippen molar-refractivity contribution in [1.29, 1.82) is 0 Å². The molecule has 0 saturated carbocycles. The fourth-order valence-corrected chi connectivity index (χ4v) is 3.79. The van der Waals surface area contributed by atoms with E-state index in [4.69, 9.17) is 0 Å². The number of carbonyl (C=O) groups excluding carboxylic acids is 1. The third-order valence-electron chi connectivity index (χ3n) is 3.58. The van der Waals surface area contributed by atoms with Crippen LogP contribution in [-0.4, -0.2) is 38.1 Å². The Morgan fingerprint density at radius 1 is 1.29 bits per heavy atom. The second-order valence-corrected chi connectivity index (χ2v) is 7.21. The number of hydrogen-bond acceptors (Lipinski definition) is 8. The largest absolute Gasteiger partial charge is 0.284 e. The Kier molecular flexibility index (Phi) is 6.45. The summed E-state index contributed by atoms with van der Waals surface area (Å²) in [4.78, 5) is 37.2. The Labute approximate surface area is 169 Å². The lowest BCUT2D eigenvalue weighted by atomic mass is 10.1. The molecule has 0 bridgehead atoms. The zero-order valence-electron chi connectivity index (χ0n) is 14.6. The topological polar surface area (TPSA) is 102 Å². The average molecular weight is 413 g/mol. The Hall–Kier alpha value is -3.11. The van der Waals surface area contributed by atoms with E-state index in [0.29, 0.717) is 22.5 Å². The van der Waals surface area contributed by atoms with Crippen molar-refractivity contribution in [2.24, 2.45) is 0 Å². The van der Waals surface area contributed by atoms with Gasteiger partial charge < -0.3 is 0 Å². The molecule has 3 aromatic rings. The summed E-state index contributed by atoms with van der Waals surface area (Å²) >= 11 is 2.57. The first kappa shape index (κ1) is 19.6. The van der Waals surface area contributed by atoms with E-state index in [0.717, 1.165) is 5.56 Å². The van der Waals surface area contributed by atoms with Crippen LogP contribution in [0.2, 0.25) is 0 Å². The van der Waals surface area contributed by atoms with Crippen LogP contribution < -0.4 is 4.90 Å². The number of nitro benzene ring substituents is 1. The predicted octanol–water partition coefficient (Wildman–Crippen LogP) is 3.82. The Balaban J connectivity index is 1.74. The van der Waals surface area contributed by atoms with Gasteiger partial charge in [0.25, 0.3) is 5.69 Å². The molecule has 0 unspecified atom stereocenters. The fourth-order valence-electron chi connectivity index (χ4n) is 2.25. The highest BCUT2D eigenvalue weighted by Crippen LogP contribution is 2.29. The quantitative estimate of drug-likeness (QED) is 0.182. The van der Waals surface area contributed by atoms with Crippen molar-refractivity contribution in [3.63, 3.8) is 0 Å². The van der Waals surface area contributed by atoms with Crippen molar-refractivity contribution >= 4 is 39.8 Å². The van der Waals surface area contributed by atoms with E-state index in [-0.39, 0.29) is 17.3 Å². The summed E-state index contributed by atoms with van der Waals surface area (Å²) in [5.74, 6) is 0.0338. The maximum atomic E-state index is 12.7. The Morgan fingerprint density at radius 2 is 2.00 bits per heavy atom. The Bertz CT molecular complexity index is 976. The first-order valence-corrected chi connectivity index (χ1v) is 9.96. The molecule has 2 heterocycles. The average Bonchev–Trinajstić information content (AvgIpc) is 3.21. The van der Waals surface area contributed by atoms with Gasteiger partial charge in [-0.25, -0.2) is 15.0 Å². The molecule has 0 atom stereocenters. The lowest BCUT2D eigenvalue weighted by Gasteiger charge is -2.17. The first-order chi connectivity index (χ1) is 13.6. The smallest absolute Gasteiger partial charge is 0.269 e. The van der Waals surface area contributed by atoms with Crippen LogP contribution in [0, 0.1) is 10.1 Å². The van der Waals surface area contributed by atoms with E-state index in [2.05, 4.69) is 21.5 Å². The van der Waals surface area contributed by atoms with Gasteiger partial charge >= 0.3 is 0 Å². The second kappa shape index (κ2) is 9.20. The molecule has 0 aliphatic carbocycles. The zero-order valence-corrected chi connectivity index (χ0v) is 16.2. The maximum Gasteiger partial charge on any atom is 0.269 e. The molecule has 28 heavy (non-hydrogen) atoms. The van der Waals surface area contributed by atoms with Gasteiger partial charge in [0.15, 0.2) is 10.3 Å². The van der Waals surface area contributed by atoms with Gasteiger partial charge in [0.05, 0.1) is 16.4 Å². The highest BCUT2D eigenvalue weighted by atomic mass is 32.2. The molecule has 0 aliphatic rings. The lowest BCUT2D eigenvalue weighted by Crippen LogP contribution is -2.32. The highest BCUT2D eigenvalue weighted by molar-refractivity contribution is 7.99. The van der Waals surface area contributed by atoms with Crippen molar-refractivity contribution < 1.29 is 9.72 Å². The van der Waals surface area contributed by atoms with Crippen LogP contribution in [0.5, 0.6) is 0 Å². The standard InChI is InChI=1S/C18H15N5O3S2/c1-2-10-22(16(24)12-27-17-19-8-3-9-20-17)18-21-15(11-28-18)13-4-6-14(7-5-13)23(25)26/h2-9,11H,1,10,12H2. The van der Waals surface area contributed by atoms with Crippen molar-refractivity contribution in [1.82, 2.24) is 15.0 Å². The van der Waals surface area contributed by atoms with Gasteiger partial charge in [-0.3, -0.25) is 19.8 Å². The summed E-state index contributed by atoms with van der Waals surface area (Å²) in [6.07, 6.45) is 4.88. The molecule has 0 aliphatic heterocycles. The molecule has 1 aromatic carbocycles. The molecule has 0 saturated heterocycles. The number of nitrogens with zero attached hydrogens (tertiary/aromatic N) is 5. The summed E-state index contributed by atoms with van der Waals surface area (Å²) in [7, 11) is 0. The molecule has 10 heteroatoms. The number of rotatable bonds is 8. The zero-order chi connectivity index (χ0) is 19.9. The fraction of sp³-hybridized carbons (Fsp3) is 0.111. The summed E-state index contributed by atoms with van der Waals surface area (Å²) in [6.45, 7) is 4.03. The molecule has 2 aromatic heterocycles. The normalized spacial score (nSPS) is 10.4. The minimum atomic E-state index is -0.450. The number of anilines is 1. The number of amides is 1. The summed E-state index contributed by atoms with van der Waals surface area (Å²) in [5, 5.41) is 13.7. The van der Waals surface area contributed by atoms with Crippen molar-refractivity contribution in [3.05, 3.63) is 70.9 Å². The highest BCUT2D eigenvalue weighted by Gasteiger charge is 2.19. The van der Waals surface area contributed by atoms with Gasteiger partial charge in [-0.05, 0) is 18.2 Å². The van der Waals surface area contributed by atoms with Gasteiger partial charge in [-0.1, -0.05) is 17.8 Å². The molecule has 0 fully saturated rings. The van der Waals surface area contributed by atoms with E-state index < -0.39 is 4.92 Å². The molecule has 0 radical (unpaired) electrons. The maximum absolute atomic E-state index is 12.7. The van der Waals surface area contributed by atoms with Gasteiger partial charge in [0.1, 0.15) is 0 Å². The van der Waals surface area contributed by atoms with Crippen LogP contribution >= 0.6 is 23.1 Å². The number of benzene rings is 1. The third kappa shape index (κ3) is 4.78. The van der Waals surface area contributed by atoms with E-state index in [1.54, 1.807) is 41.6 Å². The number of thiazole rings is 1. The number of carbonyl (C=O) groups is 1. The molecular formula is C18H15N5O3S2.